The van der Waals surface area contributed by atoms with Crippen molar-refractivity contribution in [2.45, 2.75) is 38.0 Å². The van der Waals surface area contributed by atoms with E-state index in [0.29, 0.717) is 24.3 Å². The number of carboxylic acids is 1. The molecule has 104 valence electrons. The maximum Gasteiger partial charge on any atom is 0.314 e. The molecule has 0 saturated heterocycles. The zero-order valence-electron chi connectivity index (χ0n) is 11.7. The summed E-state index contributed by atoms with van der Waals surface area (Å²) < 4.78 is 10.7. The van der Waals surface area contributed by atoms with E-state index in [2.05, 4.69) is 0 Å². The van der Waals surface area contributed by atoms with Crippen LogP contribution in [-0.4, -0.2) is 25.3 Å². The standard InChI is InChI=1S/C15H20O4/c1-10-11(18-2)6-7-12(19-3)13(10)15(14(16)17)8-4-5-9-15/h6-7H,4-5,8-9H2,1-3H3,(H,16,17). The van der Waals surface area contributed by atoms with Crippen molar-refractivity contribution in [2.24, 2.45) is 0 Å². The molecule has 19 heavy (non-hydrogen) atoms. The summed E-state index contributed by atoms with van der Waals surface area (Å²) in [5.41, 5.74) is 0.815. The third-order valence-corrected chi connectivity index (χ3v) is 4.16. The van der Waals surface area contributed by atoms with Gasteiger partial charge in [-0.15, -0.1) is 0 Å². The quantitative estimate of drug-likeness (QED) is 0.908. The Hall–Kier alpha value is -1.71. The van der Waals surface area contributed by atoms with Crippen LogP contribution in [0.5, 0.6) is 11.5 Å². The van der Waals surface area contributed by atoms with Crippen LogP contribution < -0.4 is 9.47 Å². The molecular weight excluding hydrogens is 244 g/mol. The first-order chi connectivity index (χ1) is 9.06. The van der Waals surface area contributed by atoms with E-state index < -0.39 is 11.4 Å². The zero-order valence-corrected chi connectivity index (χ0v) is 11.7. The van der Waals surface area contributed by atoms with Crippen molar-refractivity contribution in [1.29, 1.82) is 0 Å². The minimum atomic E-state index is -0.829. The number of ether oxygens (including phenoxy) is 2. The number of benzene rings is 1. The van der Waals surface area contributed by atoms with Crippen LogP contribution in [0.4, 0.5) is 0 Å². The molecule has 0 aliphatic heterocycles. The molecule has 0 unspecified atom stereocenters. The number of rotatable bonds is 4. The van der Waals surface area contributed by atoms with Crippen molar-refractivity contribution in [3.05, 3.63) is 23.3 Å². The van der Waals surface area contributed by atoms with Crippen molar-refractivity contribution in [3.8, 4) is 11.5 Å². The Morgan fingerprint density at radius 1 is 1.16 bits per heavy atom. The Kier molecular flexibility index (Phi) is 3.69. The maximum absolute atomic E-state index is 11.8. The number of carbonyl (C=O) groups is 1. The molecule has 1 aliphatic carbocycles. The van der Waals surface area contributed by atoms with Gasteiger partial charge in [-0.3, -0.25) is 4.79 Å². The van der Waals surface area contributed by atoms with Crippen LogP contribution in [0.2, 0.25) is 0 Å². The summed E-state index contributed by atoms with van der Waals surface area (Å²) in [4.78, 5) is 11.8. The van der Waals surface area contributed by atoms with E-state index in [1.54, 1.807) is 20.3 Å². The summed E-state index contributed by atoms with van der Waals surface area (Å²) in [6.07, 6.45) is 3.19. The van der Waals surface area contributed by atoms with Gasteiger partial charge in [0.15, 0.2) is 0 Å². The van der Waals surface area contributed by atoms with Gasteiger partial charge in [-0.1, -0.05) is 12.8 Å². The highest BCUT2D eigenvalue weighted by Gasteiger charge is 2.46. The molecule has 4 nitrogen and oxygen atoms in total. The molecule has 0 radical (unpaired) electrons. The van der Waals surface area contributed by atoms with Gasteiger partial charge in [0.2, 0.25) is 0 Å². The molecule has 4 heteroatoms. The second-order valence-corrected chi connectivity index (χ2v) is 5.06. The largest absolute Gasteiger partial charge is 0.496 e. The van der Waals surface area contributed by atoms with Crippen molar-refractivity contribution in [3.63, 3.8) is 0 Å². The van der Waals surface area contributed by atoms with Gasteiger partial charge in [0.25, 0.3) is 0 Å². The van der Waals surface area contributed by atoms with Gasteiger partial charge in [0.1, 0.15) is 11.5 Å². The number of hydrogen-bond acceptors (Lipinski definition) is 3. The molecule has 1 fully saturated rings. The lowest BCUT2D eigenvalue weighted by Gasteiger charge is -2.29. The number of carboxylic acid groups (broad SMARTS) is 1. The van der Waals surface area contributed by atoms with Gasteiger partial charge in [-0.05, 0) is 37.5 Å². The van der Waals surface area contributed by atoms with Crippen molar-refractivity contribution >= 4 is 5.97 Å². The SMILES string of the molecule is COc1ccc(OC)c(C2(C(=O)O)CCCC2)c1C. The summed E-state index contributed by atoms with van der Waals surface area (Å²) in [7, 11) is 3.18. The third kappa shape index (κ3) is 2.05. The van der Waals surface area contributed by atoms with Crippen LogP contribution >= 0.6 is 0 Å². The maximum atomic E-state index is 11.8. The van der Waals surface area contributed by atoms with Gasteiger partial charge in [0.05, 0.1) is 19.6 Å². The summed E-state index contributed by atoms with van der Waals surface area (Å²) in [6.45, 7) is 1.90. The van der Waals surface area contributed by atoms with E-state index in [9.17, 15) is 9.90 Å². The highest BCUT2D eigenvalue weighted by atomic mass is 16.5. The summed E-state index contributed by atoms with van der Waals surface area (Å²) in [5, 5.41) is 9.73. The Morgan fingerprint density at radius 2 is 1.68 bits per heavy atom. The minimum Gasteiger partial charge on any atom is -0.496 e. The fourth-order valence-corrected chi connectivity index (χ4v) is 3.20. The Labute approximate surface area is 113 Å². The van der Waals surface area contributed by atoms with Crippen LogP contribution in [0.3, 0.4) is 0 Å². The number of hydrogen-bond donors (Lipinski definition) is 1. The van der Waals surface area contributed by atoms with Crippen LogP contribution in [0.15, 0.2) is 12.1 Å². The lowest BCUT2D eigenvalue weighted by Crippen LogP contribution is -2.34. The molecule has 0 spiro atoms. The summed E-state index contributed by atoms with van der Waals surface area (Å²) in [6, 6.07) is 3.62. The van der Waals surface area contributed by atoms with Crippen LogP contribution in [0, 0.1) is 6.92 Å². The van der Waals surface area contributed by atoms with E-state index in [1.165, 1.54) is 0 Å². The van der Waals surface area contributed by atoms with Gasteiger partial charge in [0, 0.05) is 5.56 Å². The van der Waals surface area contributed by atoms with Crippen molar-refractivity contribution < 1.29 is 19.4 Å². The zero-order chi connectivity index (χ0) is 14.0. The molecule has 0 bridgehead atoms. The average Bonchev–Trinajstić information content (AvgIpc) is 2.88. The number of aliphatic carboxylic acids is 1. The molecular formula is C15H20O4. The van der Waals surface area contributed by atoms with E-state index in [4.69, 9.17) is 9.47 Å². The molecule has 2 rings (SSSR count). The third-order valence-electron chi connectivity index (χ3n) is 4.16. The normalized spacial score (nSPS) is 17.2. The Morgan fingerprint density at radius 3 is 2.16 bits per heavy atom. The fourth-order valence-electron chi connectivity index (χ4n) is 3.20. The molecule has 1 N–H and O–H groups in total. The monoisotopic (exact) mass is 264 g/mol. The fraction of sp³-hybridized carbons (Fsp3) is 0.533. The van der Waals surface area contributed by atoms with Crippen LogP contribution in [0.25, 0.3) is 0 Å². The molecule has 1 aliphatic rings. The second kappa shape index (κ2) is 5.11. The van der Waals surface area contributed by atoms with Gasteiger partial charge in [-0.2, -0.15) is 0 Å². The molecule has 0 amide bonds. The first-order valence-electron chi connectivity index (χ1n) is 6.52. The molecule has 1 aromatic rings. The molecule has 1 aromatic carbocycles. The van der Waals surface area contributed by atoms with E-state index in [1.807, 2.05) is 13.0 Å². The lowest BCUT2D eigenvalue weighted by molar-refractivity contribution is -0.143. The van der Waals surface area contributed by atoms with E-state index in [-0.39, 0.29) is 0 Å². The molecule has 0 heterocycles. The lowest BCUT2D eigenvalue weighted by atomic mass is 9.76. The minimum absolute atomic E-state index is 0.641. The second-order valence-electron chi connectivity index (χ2n) is 5.06. The summed E-state index contributed by atoms with van der Waals surface area (Å²) >= 11 is 0. The molecule has 0 aromatic heterocycles. The Balaban J connectivity index is 2.67. The average molecular weight is 264 g/mol. The van der Waals surface area contributed by atoms with Crippen LogP contribution in [-0.2, 0) is 10.2 Å². The highest BCUT2D eigenvalue weighted by molar-refractivity contribution is 5.84. The molecule has 1 saturated carbocycles. The molecule has 0 atom stereocenters. The summed E-state index contributed by atoms with van der Waals surface area (Å²) in [5.74, 6) is 0.588. The smallest absolute Gasteiger partial charge is 0.314 e. The first kappa shape index (κ1) is 13.7. The predicted octanol–water partition coefficient (Wildman–Crippen LogP) is 2.91. The predicted molar refractivity (Wildman–Crippen MR) is 72.1 cm³/mol. The van der Waals surface area contributed by atoms with E-state index >= 15 is 0 Å². The van der Waals surface area contributed by atoms with E-state index in [0.717, 1.165) is 24.0 Å². The number of methoxy groups -OCH3 is 2. The van der Waals surface area contributed by atoms with Gasteiger partial charge >= 0.3 is 5.97 Å². The first-order valence-corrected chi connectivity index (χ1v) is 6.52. The van der Waals surface area contributed by atoms with Crippen molar-refractivity contribution in [2.75, 3.05) is 14.2 Å². The van der Waals surface area contributed by atoms with Crippen molar-refractivity contribution in [1.82, 2.24) is 0 Å². The van der Waals surface area contributed by atoms with Gasteiger partial charge in [-0.25, -0.2) is 0 Å². The van der Waals surface area contributed by atoms with Crippen LogP contribution in [0.1, 0.15) is 36.8 Å². The van der Waals surface area contributed by atoms with Gasteiger partial charge < -0.3 is 14.6 Å². The topological polar surface area (TPSA) is 55.8 Å². The Bertz CT molecular complexity index is 487. The highest BCUT2D eigenvalue weighted by Crippen LogP contribution is 2.48.